The highest BCUT2D eigenvalue weighted by molar-refractivity contribution is 5.83. The summed E-state index contributed by atoms with van der Waals surface area (Å²) in [5.41, 5.74) is 3.30. The van der Waals surface area contributed by atoms with Gasteiger partial charge in [0.25, 0.3) is 5.91 Å². The molecule has 2 N–H and O–H groups in total. The van der Waals surface area contributed by atoms with Gasteiger partial charge in [-0.05, 0) is 52.6 Å². The molecule has 0 unspecified atom stereocenters. The van der Waals surface area contributed by atoms with Crippen LogP contribution in [-0.4, -0.2) is 35.9 Å². The van der Waals surface area contributed by atoms with Crippen LogP contribution in [0.2, 0.25) is 0 Å². The average molecular weight is 458 g/mol. The minimum atomic E-state index is -0.580. The van der Waals surface area contributed by atoms with Crippen molar-refractivity contribution in [1.29, 1.82) is 0 Å². The number of aromatic hydroxyl groups is 1. The number of nitro benzene ring substituents is 1. The van der Waals surface area contributed by atoms with E-state index in [-0.39, 0.29) is 33.8 Å². The number of nitrogens with zero attached hydrogens (tertiary/aromatic N) is 2. The van der Waals surface area contributed by atoms with E-state index in [9.17, 15) is 20.0 Å². The molecule has 9 nitrogen and oxygen atoms in total. The highest BCUT2D eigenvalue weighted by Gasteiger charge is 2.29. The number of hydrazone groups is 1. The molecule has 2 aromatic rings. The molecule has 178 valence electrons. The van der Waals surface area contributed by atoms with Crippen molar-refractivity contribution in [2.45, 2.75) is 46.5 Å². The lowest BCUT2D eigenvalue weighted by Crippen LogP contribution is -2.26. The number of carbonyl (C=O) groups excluding carboxylic acids is 1. The molecule has 2 aromatic carbocycles. The SMILES string of the molecule is COc1cc(/C=N/NC(=O)COc2ccc(C(C)(C)CC(C)(C)C)cc2[N+](=O)[O-])ccc1O. The van der Waals surface area contributed by atoms with Gasteiger partial charge in [-0.2, -0.15) is 5.10 Å². The summed E-state index contributed by atoms with van der Waals surface area (Å²) in [4.78, 5) is 23.2. The topological polar surface area (TPSA) is 123 Å². The minimum absolute atomic E-state index is 0.0118. The number of amides is 1. The normalized spacial score (nSPS) is 11.9. The van der Waals surface area contributed by atoms with E-state index in [2.05, 4.69) is 31.3 Å². The van der Waals surface area contributed by atoms with Crippen molar-refractivity contribution < 1.29 is 24.3 Å². The molecular formula is C24H31N3O6. The van der Waals surface area contributed by atoms with E-state index in [4.69, 9.17) is 9.47 Å². The predicted octanol–water partition coefficient (Wildman–Crippen LogP) is 4.55. The summed E-state index contributed by atoms with van der Waals surface area (Å²) in [5.74, 6) is -0.308. The first-order valence-corrected chi connectivity index (χ1v) is 10.4. The lowest BCUT2D eigenvalue weighted by Gasteiger charge is -2.33. The van der Waals surface area contributed by atoms with Crippen molar-refractivity contribution in [3.63, 3.8) is 0 Å². The van der Waals surface area contributed by atoms with Gasteiger partial charge in [-0.3, -0.25) is 14.9 Å². The molecule has 0 aliphatic heterocycles. The smallest absolute Gasteiger partial charge is 0.311 e. The molecular weight excluding hydrogens is 426 g/mol. The Hall–Kier alpha value is -3.62. The molecule has 0 aromatic heterocycles. The first kappa shape index (κ1) is 25.6. The van der Waals surface area contributed by atoms with Gasteiger partial charge < -0.3 is 14.6 Å². The molecule has 0 aliphatic carbocycles. The molecule has 9 heteroatoms. The van der Waals surface area contributed by atoms with Crippen molar-refractivity contribution >= 4 is 17.8 Å². The molecule has 0 saturated carbocycles. The third-order valence-electron chi connectivity index (χ3n) is 4.87. The van der Waals surface area contributed by atoms with E-state index < -0.39 is 17.4 Å². The van der Waals surface area contributed by atoms with Gasteiger partial charge in [0.2, 0.25) is 0 Å². The standard InChI is InChI=1S/C24H31N3O6/c1-23(2,3)15-24(4,5)17-8-10-20(18(12-17)27(30)31)33-14-22(29)26-25-13-16-7-9-19(28)21(11-16)32-6/h7-13,28H,14-15H2,1-6H3,(H,26,29)/b25-13+. The Bertz CT molecular complexity index is 1040. The maximum absolute atomic E-state index is 12.1. The summed E-state index contributed by atoms with van der Waals surface area (Å²) in [6, 6.07) is 9.41. The quantitative estimate of drug-likeness (QED) is 0.323. The van der Waals surface area contributed by atoms with Crippen molar-refractivity contribution in [3.8, 4) is 17.2 Å². The molecule has 0 aliphatic rings. The molecule has 0 fully saturated rings. The first-order valence-electron chi connectivity index (χ1n) is 10.4. The molecule has 0 spiro atoms. The summed E-state index contributed by atoms with van der Waals surface area (Å²) in [7, 11) is 1.42. The van der Waals surface area contributed by atoms with Crippen LogP contribution in [0.15, 0.2) is 41.5 Å². The fourth-order valence-electron chi connectivity index (χ4n) is 3.76. The third-order valence-corrected chi connectivity index (χ3v) is 4.87. The van der Waals surface area contributed by atoms with Crippen molar-refractivity contribution in [2.24, 2.45) is 10.5 Å². The number of benzene rings is 2. The van der Waals surface area contributed by atoms with Gasteiger partial charge in [0.1, 0.15) is 0 Å². The van der Waals surface area contributed by atoms with Gasteiger partial charge in [-0.25, -0.2) is 5.43 Å². The largest absolute Gasteiger partial charge is 0.504 e. The highest BCUT2D eigenvalue weighted by Crippen LogP contribution is 2.39. The average Bonchev–Trinajstić information content (AvgIpc) is 2.71. The summed E-state index contributed by atoms with van der Waals surface area (Å²) >= 11 is 0. The lowest BCUT2D eigenvalue weighted by atomic mass is 9.72. The van der Waals surface area contributed by atoms with Gasteiger partial charge in [0, 0.05) is 6.07 Å². The monoisotopic (exact) mass is 457 g/mol. The fourth-order valence-corrected chi connectivity index (χ4v) is 3.76. The Morgan fingerprint density at radius 2 is 1.85 bits per heavy atom. The van der Waals surface area contributed by atoms with Crippen LogP contribution >= 0.6 is 0 Å². The molecule has 0 heterocycles. The second-order valence-electron chi connectivity index (χ2n) is 9.57. The zero-order valence-corrected chi connectivity index (χ0v) is 19.8. The fraction of sp³-hybridized carbons (Fsp3) is 0.417. The number of nitro groups is 1. The van der Waals surface area contributed by atoms with Gasteiger partial charge in [0.05, 0.1) is 18.2 Å². The van der Waals surface area contributed by atoms with E-state index in [1.165, 1.54) is 31.5 Å². The number of phenolic OH excluding ortho intramolecular Hbond substituents is 1. The summed E-state index contributed by atoms with van der Waals surface area (Å²) in [5, 5.41) is 25.0. The van der Waals surface area contributed by atoms with E-state index in [1.54, 1.807) is 18.2 Å². The van der Waals surface area contributed by atoms with E-state index in [0.29, 0.717) is 5.56 Å². The summed E-state index contributed by atoms with van der Waals surface area (Å²) in [6.45, 7) is 10.0. The van der Waals surface area contributed by atoms with E-state index in [0.717, 1.165) is 12.0 Å². The van der Waals surface area contributed by atoms with Gasteiger partial charge >= 0.3 is 5.69 Å². The van der Waals surface area contributed by atoms with Crippen LogP contribution in [0.4, 0.5) is 5.69 Å². The van der Waals surface area contributed by atoms with Crippen LogP contribution in [0, 0.1) is 15.5 Å². The number of rotatable bonds is 9. The Balaban J connectivity index is 2.05. The van der Waals surface area contributed by atoms with Crippen molar-refractivity contribution in [1.82, 2.24) is 5.43 Å². The number of nitrogens with one attached hydrogen (secondary N) is 1. The summed E-state index contributed by atoms with van der Waals surface area (Å²) < 4.78 is 10.4. The second kappa shape index (κ2) is 10.3. The van der Waals surface area contributed by atoms with Gasteiger partial charge in [-0.15, -0.1) is 0 Å². The minimum Gasteiger partial charge on any atom is -0.504 e. The predicted molar refractivity (Wildman–Crippen MR) is 126 cm³/mol. The number of ether oxygens (including phenoxy) is 2. The van der Waals surface area contributed by atoms with Crippen LogP contribution in [0.3, 0.4) is 0 Å². The number of phenols is 1. The number of methoxy groups -OCH3 is 1. The molecule has 0 bridgehead atoms. The highest BCUT2D eigenvalue weighted by atomic mass is 16.6. The lowest BCUT2D eigenvalue weighted by molar-refractivity contribution is -0.385. The maximum atomic E-state index is 12.1. The first-order chi connectivity index (χ1) is 15.3. The number of carbonyl (C=O) groups is 1. The van der Waals surface area contributed by atoms with Crippen LogP contribution in [-0.2, 0) is 10.2 Å². The number of hydrogen-bond donors (Lipinski definition) is 2. The molecule has 0 saturated heterocycles. The van der Waals surface area contributed by atoms with Crippen LogP contribution in [0.5, 0.6) is 17.2 Å². The van der Waals surface area contributed by atoms with Crippen LogP contribution in [0.1, 0.15) is 52.2 Å². The van der Waals surface area contributed by atoms with Gasteiger partial charge in [0.15, 0.2) is 23.9 Å². The zero-order valence-electron chi connectivity index (χ0n) is 19.8. The Labute approximate surface area is 193 Å². The summed E-state index contributed by atoms with van der Waals surface area (Å²) in [6.07, 6.45) is 2.21. The zero-order chi connectivity index (χ0) is 24.8. The Kier molecular flexibility index (Phi) is 8.03. The van der Waals surface area contributed by atoms with Crippen LogP contribution < -0.4 is 14.9 Å². The van der Waals surface area contributed by atoms with Crippen LogP contribution in [0.25, 0.3) is 0 Å². The van der Waals surface area contributed by atoms with Crippen molar-refractivity contribution in [3.05, 3.63) is 57.6 Å². The van der Waals surface area contributed by atoms with Crippen molar-refractivity contribution in [2.75, 3.05) is 13.7 Å². The molecule has 33 heavy (non-hydrogen) atoms. The third kappa shape index (κ3) is 7.48. The van der Waals surface area contributed by atoms with E-state index in [1.807, 2.05) is 13.8 Å². The van der Waals surface area contributed by atoms with E-state index >= 15 is 0 Å². The van der Waals surface area contributed by atoms with Gasteiger partial charge in [-0.1, -0.05) is 40.7 Å². The molecule has 2 rings (SSSR count). The molecule has 0 atom stereocenters. The Morgan fingerprint density at radius 1 is 1.15 bits per heavy atom. The maximum Gasteiger partial charge on any atom is 0.311 e. The molecule has 1 amide bonds. The second-order valence-corrected chi connectivity index (χ2v) is 9.57. The molecule has 0 radical (unpaired) electrons. The number of hydrogen-bond acceptors (Lipinski definition) is 7. The Morgan fingerprint density at radius 3 is 2.45 bits per heavy atom.